The van der Waals surface area contributed by atoms with E-state index in [0.717, 1.165) is 5.56 Å². The van der Waals surface area contributed by atoms with Crippen molar-refractivity contribution in [3.8, 4) is 0 Å². The van der Waals surface area contributed by atoms with Crippen molar-refractivity contribution in [2.45, 2.75) is 6.92 Å². The van der Waals surface area contributed by atoms with Gasteiger partial charge in [-0.25, -0.2) is 9.18 Å². The van der Waals surface area contributed by atoms with Gasteiger partial charge < -0.3 is 16.4 Å². The molecule has 0 bridgehead atoms. The van der Waals surface area contributed by atoms with E-state index >= 15 is 0 Å². The number of nitrogens with one attached hydrogen (secondary N) is 2. The third kappa shape index (κ3) is 3.39. The predicted molar refractivity (Wildman–Crippen MR) is 79.6 cm³/mol. The number of rotatable bonds is 2. The van der Waals surface area contributed by atoms with Crippen LogP contribution in [0.2, 0.25) is 5.02 Å². The van der Waals surface area contributed by atoms with E-state index in [9.17, 15) is 9.18 Å². The molecule has 0 spiro atoms. The molecule has 0 aliphatic carbocycles. The second-order valence-electron chi connectivity index (χ2n) is 4.28. The molecular formula is C14H13ClFN3O. The lowest BCUT2D eigenvalue weighted by Gasteiger charge is -2.11. The number of hydrogen-bond acceptors (Lipinski definition) is 2. The van der Waals surface area contributed by atoms with Gasteiger partial charge >= 0.3 is 6.03 Å². The van der Waals surface area contributed by atoms with Crippen LogP contribution < -0.4 is 16.4 Å². The van der Waals surface area contributed by atoms with Crippen molar-refractivity contribution in [2.24, 2.45) is 0 Å². The first kappa shape index (κ1) is 14.1. The molecule has 0 unspecified atom stereocenters. The molecule has 2 rings (SSSR count). The molecule has 2 aromatic rings. The Morgan fingerprint density at radius 2 is 2.00 bits per heavy atom. The summed E-state index contributed by atoms with van der Waals surface area (Å²) in [5.41, 5.74) is 7.78. The fourth-order valence-corrected chi connectivity index (χ4v) is 1.85. The Hall–Kier alpha value is -2.27. The van der Waals surface area contributed by atoms with Gasteiger partial charge in [0.15, 0.2) is 0 Å². The van der Waals surface area contributed by atoms with E-state index in [1.165, 1.54) is 18.2 Å². The van der Waals surface area contributed by atoms with Crippen LogP contribution in [0.3, 0.4) is 0 Å². The van der Waals surface area contributed by atoms with E-state index in [1.807, 2.05) is 0 Å². The quantitative estimate of drug-likeness (QED) is 0.732. The standard InChI is InChI=1S/C14H13ClFN3O/c1-8-5-12(17)11(15)7-13(8)19-14(20)18-10-4-2-3-9(16)6-10/h2-7H,17H2,1H3,(H2,18,19,20). The Labute approximate surface area is 120 Å². The summed E-state index contributed by atoms with van der Waals surface area (Å²) >= 11 is 5.90. The topological polar surface area (TPSA) is 67.1 Å². The number of anilines is 3. The fourth-order valence-electron chi connectivity index (χ4n) is 1.69. The average molecular weight is 294 g/mol. The monoisotopic (exact) mass is 293 g/mol. The number of amides is 2. The summed E-state index contributed by atoms with van der Waals surface area (Å²) in [5, 5.41) is 5.52. The van der Waals surface area contributed by atoms with Crippen LogP contribution in [0.15, 0.2) is 36.4 Å². The molecule has 20 heavy (non-hydrogen) atoms. The summed E-state index contributed by atoms with van der Waals surface area (Å²) in [5.74, 6) is -0.422. The Morgan fingerprint density at radius 1 is 1.25 bits per heavy atom. The smallest absolute Gasteiger partial charge is 0.323 e. The molecule has 0 aliphatic heterocycles. The molecule has 0 radical (unpaired) electrons. The van der Waals surface area contributed by atoms with Gasteiger partial charge in [-0.1, -0.05) is 17.7 Å². The molecule has 2 aromatic carbocycles. The highest BCUT2D eigenvalue weighted by molar-refractivity contribution is 6.33. The molecule has 0 saturated heterocycles. The maximum atomic E-state index is 13.0. The van der Waals surface area contributed by atoms with Gasteiger partial charge in [-0.2, -0.15) is 0 Å². The fraction of sp³-hybridized carbons (Fsp3) is 0.0714. The summed E-state index contributed by atoms with van der Waals surface area (Å²) in [6.45, 7) is 1.80. The van der Waals surface area contributed by atoms with Crippen LogP contribution in [0, 0.1) is 12.7 Å². The first-order valence-corrected chi connectivity index (χ1v) is 6.22. The summed E-state index contributed by atoms with van der Waals surface area (Å²) in [6, 6.07) is 8.37. The number of benzene rings is 2. The molecule has 104 valence electrons. The van der Waals surface area contributed by atoms with Gasteiger partial charge in [-0.15, -0.1) is 0 Å². The zero-order chi connectivity index (χ0) is 14.7. The first-order valence-electron chi connectivity index (χ1n) is 5.85. The van der Waals surface area contributed by atoms with Gasteiger partial charge in [-0.3, -0.25) is 0 Å². The molecule has 0 atom stereocenters. The summed E-state index contributed by atoms with van der Waals surface area (Å²) in [4.78, 5) is 11.8. The molecule has 0 heterocycles. The third-order valence-electron chi connectivity index (χ3n) is 2.67. The van der Waals surface area contributed by atoms with Gasteiger partial charge in [0.2, 0.25) is 0 Å². The third-order valence-corrected chi connectivity index (χ3v) is 3.00. The van der Waals surface area contributed by atoms with Crippen molar-refractivity contribution in [3.05, 3.63) is 52.8 Å². The zero-order valence-corrected chi connectivity index (χ0v) is 11.5. The van der Waals surface area contributed by atoms with E-state index in [2.05, 4.69) is 10.6 Å². The largest absolute Gasteiger partial charge is 0.398 e. The second kappa shape index (κ2) is 5.79. The average Bonchev–Trinajstić information content (AvgIpc) is 2.36. The van der Waals surface area contributed by atoms with Crippen LogP contribution in [0.4, 0.5) is 26.2 Å². The van der Waals surface area contributed by atoms with Crippen molar-refractivity contribution < 1.29 is 9.18 Å². The molecule has 0 aliphatic rings. The molecule has 2 amide bonds. The van der Waals surface area contributed by atoms with Crippen LogP contribution in [0.5, 0.6) is 0 Å². The van der Waals surface area contributed by atoms with E-state index in [1.54, 1.807) is 25.1 Å². The van der Waals surface area contributed by atoms with E-state index in [4.69, 9.17) is 17.3 Å². The highest BCUT2D eigenvalue weighted by Gasteiger charge is 2.08. The number of carbonyl (C=O) groups is 1. The molecule has 6 heteroatoms. The second-order valence-corrected chi connectivity index (χ2v) is 4.69. The minimum atomic E-state index is -0.487. The highest BCUT2D eigenvalue weighted by atomic mass is 35.5. The number of hydrogen-bond donors (Lipinski definition) is 3. The van der Waals surface area contributed by atoms with Gasteiger partial charge in [0.05, 0.1) is 10.7 Å². The Kier molecular flexibility index (Phi) is 4.10. The number of halogens is 2. The Balaban J connectivity index is 2.10. The van der Waals surface area contributed by atoms with Gasteiger partial charge in [0, 0.05) is 11.4 Å². The Morgan fingerprint density at radius 3 is 2.70 bits per heavy atom. The SMILES string of the molecule is Cc1cc(N)c(Cl)cc1NC(=O)Nc1cccc(F)c1. The molecule has 0 saturated carbocycles. The van der Waals surface area contributed by atoms with Crippen LogP contribution in [-0.4, -0.2) is 6.03 Å². The summed E-state index contributed by atoms with van der Waals surface area (Å²) < 4.78 is 13.0. The van der Waals surface area contributed by atoms with E-state index < -0.39 is 11.8 Å². The van der Waals surface area contributed by atoms with Crippen LogP contribution in [0.25, 0.3) is 0 Å². The lowest BCUT2D eigenvalue weighted by atomic mass is 10.2. The maximum absolute atomic E-state index is 13.0. The van der Waals surface area contributed by atoms with Gasteiger partial charge in [-0.05, 0) is 42.8 Å². The van der Waals surface area contributed by atoms with Crippen LogP contribution >= 0.6 is 11.6 Å². The van der Waals surface area contributed by atoms with Crippen molar-refractivity contribution >= 4 is 34.7 Å². The maximum Gasteiger partial charge on any atom is 0.323 e. The summed E-state index contributed by atoms with van der Waals surface area (Å²) in [7, 11) is 0. The van der Waals surface area contributed by atoms with E-state index in [0.29, 0.717) is 22.1 Å². The molecule has 0 fully saturated rings. The van der Waals surface area contributed by atoms with E-state index in [-0.39, 0.29) is 0 Å². The lowest BCUT2D eigenvalue weighted by molar-refractivity contribution is 0.262. The van der Waals surface area contributed by atoms with Gasteiger partial charge in [0.1, 0.15) is 5.82 Å². The Bertz CT molecular complexity index is 661. The van der Waals surface area contributed by atoms with Crippen molar-refractivity contribution in [1.82, 2.24) is 0 Å². The van der Waals surface area contributed by atoms with Gasteiger partial charge in [0.25, 0.3) is 0 Å². The number of nitrogens with two attached hydrogens (primary N) is 1. The first-order chi connectivity index (χ1) is 9.45. The minimum absolute atomic E-state index is 0.358. The van der Waals surface area contributed by atoms with Crippen molar-refractivity contribution in [1.29, 1.82) is 0 Å². The highest BCUT2D eigenvalue weighted by Crippen LogP contribution is 2.26. The lowest BCUT2D eigenvalue weighted by Crippen LogP contribution is -2.20. The van der Waals surface area contributed by atoms with Crippen molar-refractivity contribution in [3.63, 3.8) is 0 Å². The zero-order valence-electron chi connectivity index (χ0n) is 10.7. The molecule has 4 nitrogen and oxygen atoms in total. The molecular weight excluding hydrogens is 281 g/mol. The normalized spacial score (nSPS) is 10.2. The van der Waals surface area contributed by atoms with Crippen molar-refractivity contribution in [2.75, 3.05) is 16.4 Å². The minimum Gasteiger partial charge on any atom is -0.398 e. The summed E-state index contributed by atoms with van der Waals surface area (Å²) in [6.07, 6.45) is 0. The van der Waals surface area contributed by atoms with Crippen LogP contribution in [0.1, 0.15) is 5.56 Å². The molecule has 4 N–H and O–H groups in total. The number of urea groups is 1. The predicted octanol–water partition coefficient (Wildman–Crippen LogP) is 4.01. The number of carbonyl (C=O) groups excluding carboxylic acids is 1. The molecule has 0 aromatic heterocycles. The number of nitrogen functional groups attached to an aromatic ring is 1. The number of aryl methyl sites for hydroxylation is 1. The van der Waals surface area contributed by atoms with Crippen LogP contribution in [-0.2, 0) is 0 Å².